The molecular formula is C13H24N4. The molecule has 1 saturated carbocycles. The van der Waals surface area contributed by atoms with Crippen molar-refractivity contribution in [3.05, 3.63) is 12.2 Å². The van der Waals surface area contributed by atoms with Gasteiger partial charge in [-0.1, -0.05) is 20.3 Å². The minimum absolute atomic E-state index is 0.267. The molecule has 96 valence electrons. The summed E-state index contributed by atoms with van der Waals surface area (Å²) < 4.78 is 0. The Hall–Kier alpha value is -0.900. The predicted molar refractivity (Wildman–Crippen MR) is 68.6 cm³/mol. The summed E-state index contributed by atoms with van der Waals surface area (Å²) in [5.74, 6) is 0.938. The number of hydrogen-bond donors (Lipinski definition) is 2. The maximum atomic E-state index is 4.20. The van der Waals surface area contributed by atoms with E-state index in [0.29, 0.717) is 11.5 Å². The van der Waals surface area contributed by atoms with Crippen molar-refractivity contribution in [3.8, 4) is 0 Å². The van der Waals surface area contributed by atoms with E-state index in [2.05, 4.69) is 41.3 Å². The van der Waals surface area contributed by atoms with Gasteiger partial charge < -0.3 is 5.32 Å². The van der Waals surface area contributed by atoms with Gasteiger partial charge in [0.15, 0.2) is 0 Å². The van der Waals surface area contributed by atoms with Gasteiger partial charge >= 0.3 is 0 Å². The molecule has 1 aromatic rings. The van der Waals surface area contributed by atoms with Gasteiger partial charge in [-0.25, -0.2) is 4.98 Å². The molecule has 2 atom stereocenters. The molecule has 4 nitrogen and oxygen atoms in total. The third kappa shape index (κ3) is 3.53. The van der Waals surface area contributed by atoms with E-state index in [9.17, 15) is 0 Å². The van der Waals surface area contributed by atoms with Crippen LogP contribution in [0.5, 0.6) is 0 Å². The van der Waals surface area contributed by atoms with Crippen LogP contribution >= 0.6 is 0 Å². The molecule has 0 aliphatic heterocycles. The normalized spacial score (nSPS) is 26.4. The molecule has 1 heterocycles. The fraction of sp³-hybridized carbons (Fsp3) is 0.846. The van der Waals surface area contributed by atoms with E-state index < -0.39 is 0 Å². The summed E-state index contributed by atoms with van der Waals surface area (Å²) in [6, 6.07) is 0.889. The van der Waals surface area contributed by atoms with Crippen LogP contribution in [0.3, 0.4) is 0 Å². The van der Waals surface area contributed by atoms with Crippen molar-refractivity contribution >= 4 is 0 Å². The SMILES string of the molecule is CC(NC1CCCC(C)(C)CC1)c1ncn[nH]1. The quantitative estimate of drug-likeness (QED) is 0.793. The fourth-order valence-corrected chi connectivity index (χ4v) is 2.68. The first-order valence-corrected chi connectivity index (χ1v) is 6.68. The van der Waals surface area contributed by atoms with Crippen LogP contribution in [0.2, 0.25) is 0 Å². The molecule has 1 aliphatic rings. The third-order valence-electron chi connectivity index (χ3n) is 3.91. The average molecular weight is 236 g/mol. The minimum Gasteiger partial charge on any atom is -0.305 e. The summed E-state index contributed by atoms with van der Waals surface area (Å²) in [6.07, 6.45) is 8.11. The summed E-state index contributed by atoms with van der Waals surface area (Å²) in [5.41, 5.74) is 0.520. The highest BCUT2D eigenvalue weighted by Crippen LogP contribution is 2.34. The standard InChI is InChI=1S/C13H24N4/c1-10(12-14-9-15-17-12)16-11-5-4-7-13(2,3)8-6-11/h9-11,16H,4-8H2,1-3H3,(H,14,15,17). The van der Waals surface area contributed by atoms with Crippen molar-refractivity contribution < 1.29 is 0 Å². The van der Waals surface area contributed by atoms with Gasteiger partial charge in [0.1, 0.15) is 12.2 Å². The Morgan fingerprint density at radius 1 is 1.41 bits per heavy atom. The maximum Gasteiger partial charge on any atom is 0.141 e. The van der Waals surface area contributed by atoms with Gasteiger partial charge in [-0.05, 0) is 38.0 Å². The number of hydrogen-bond acceptors (Lipinski definition) is 3. The second-order valence-corrected chi connectivity index (χ2v) is 6.05. The molecule has 2 N–H and O–H groups in total. The zero-order valence-electron chi connectivity index (χ0n) is 11.2. The van der Waals surface area contributed by atoms with Crippen LogP contribution in [0.1, 0.15) is 64.7 Å². The Bertz CT molecular complexity index is 331. The van der Waals surface area contributed by atoms with Crippen molar-refractivity contribution in [2.75, 3.05) is 0 Å². The van der Waals surface area contributed by atoms with E-state index in [1.807, 2.05) is 0 Å². The van der Waals surface area contributed by atoms with E-state index in [1.54, 1.807) is 6.33 Å². The second kappa shape index (κ2) is 5.17. The Labute approximate surface area is 104 Å². The van der Waals surface area contributed by atoms with Crippen LogP contribution in [-0.2, 0) is 0 Å². The Balaban J connectivity index is 1.87. The van der Waals surface area contributed by atoms with Crippen molar-refractivity contribution in [2.45, 2.75) is 65.0 Å². The first kappa shape index (κ1) is 12.6. The topological polar surface area (TPSA) is 53.6 Å². The molecule has 1 aromatic heterocycles. The smallest absolute Gasteiger partial charge is 0.141 e. The third-order valence-corrected chi connectivity index (χ3v) is 3.91. The highest BCUT2D eigenvalue weighted by molar-refractivity contribution is 4.91. The molecule has 1 fully saturated rings. The van der Waals surface area contributed by atoms with Gasteiger partial charge in [0.05, 0.1) is 6.04 Å². The number of rotatable bonds is 3. The van der Waals surface area contributed by atoms with Gasteiger partial charge in [-0.3, -0.25) is 5.10 Å². The van der Waals surface area contributed by atoms with E-state index in [-0.39, 0.29) is 6.04 Å². The summed E-state index contributed by atoms with van der Waals surface area (Å²) >= 11 is 0. The van der Waals surface area contributed by atoms with Crippen LogP contribution in [0, 0.1) is 5.41 Å². The van der Waals surface area contributed by atoms with Crippen molar-refractivity contribution in [2.24, 2.45) is 5.41 Å². The van der Waals surface area contributed by atoms with Gasteiger partial charge in [0, 0.05) is 6.04 Å². The Kier molecular flexibility index (Phi) is 3.82. The molecule has 0 amide bonds. The number of H-pyrrole nitrogens is 1. The van der Waals surface area contributed by atoms with Gasteiger partial charge in [-0.2, -0.15) is 5.10 Å². The van der Waals surface area contributed by atoms with Crippen molar-refractivity contribution in [1.82, 2.24) is 20.5 Å². The molecule has 0 spiro atoms. The molecule has 1 aliphatic carbocycles. The molecule has 17 heavy (non-hydrogen) atoms. The number of aromatic amines is 1. The van der Waals surface area contributed by atoms with Gasteiger partial charge in [0.25, 0.3) is 0 Å². The number of nitrogens with one attached hydrogen (secondary N) is 2. The molecular weight excluding hydrogens is 212 g/mol. The first-order chi connectivity index (χ1) is 8.07. The average Bonchev–Trinajstić information content (AvgIpc) is 2.73. The number of aromatic nitrogens is 3. The summed E-state index contributed by atoms with van der Waals surface area (Å²) in [6.45, 7) is 6.92. The summed E-state index contributed by atoms with van der Waals surface area (Å²) in [7, 11) is 0. The van der Waals surface area contributed by atoms with Crippen LogP contribution < -0.4 is 5.32 Å². The van der Waals surface area contributed by atoms with E-state index in [1.165, 1.54) is 32.1 Å². The molecule has 2 unspecified atom stereocenters. The molecule has 0 aromatic carbocycles. The monoisotopic (exact) mass is 236 g/mol. The van der Waals surface area contributed by atoms with Crippen LogP contribution in [0.25, 0.3) is 0 Å². The highest BCUT2D eigenvalue weighted by Gasteiger charge is 2.25. The largest absolute Gasteiger partial charge is 0.305 e. The van der Waals surface area contributed by atoms with Gasteiger partial charge in [0.2, 0.25) is 0 Å². The summed E-state index contributed by atoms with van der Waals surface area (Å²) in [5, 5.41) is 10.5. The van der Waals surface area contributed by atoms with Crippen LogP contribution in [0.15, 0.2) is 6.33 Å². The van der Waals surface area contributed by atoms with Crippen LogP contribution in [-0.4, -0.2) is 21.2 Å². The zero-order valence-corrected chi connectivity index (χ0v) is 11.2. The van der Waals surface area contributed by atoms with E-state index in [0.717, 1.165) is 5.82 Å². The zero-order chi connectivity index (χ0) is 12.3. The fourth-order valence-electron chi connectivity index (χ4n) is 2.68. The second-order valence-electron chi connectivity index (χ2n) is 6.05. The first-order valence-electron chi connectivity index (χ1n) is 6.68. The van der Waals surface area contributed by atoms with Crippen molar-refractivity contribution in [1.29, 1.82) is 0 Å². The Morgan fingerprint density at radius 2 is 2.24 bits per heavy atom. The minimum atomic E-state index is 0.267. The maximum absolute atomic E-state index is 4.20. The van der Waals surface area contributed by atoms with Crippen molar-refractivity contribution in [3.63, 3.8) is 0 Å². The highest BCUT2D eigenvalue weighted by atomic mass is 15.2. The molecule has 4 heteroatoms. The molecule has 0 bridgehead atoms. The predicted octanol–water partition coefficient (Wildman–Crippen LogP) is 2.81. The summed E-state index contributed by atoms with van der Waals surface area (Å²) in [4.78, 5) is 4.20. The lowest BCUT2D eigenvalue weighted by Gasteiger charge is -2.23. The number of nitrogens with zero attached hydrogens (tertiary/aromatic N) is 2. The molecule has 2 rings (SSSR count). The van der Waals surface area contributed by atoms with E-state index >= 15 is 0 Å². The van der Waals surface area contributed by atoms with Gasteiger partial charge in [-0.15, -0.1) is 0 Å². The lowest BCUT2D eigenvalue weighted by atomic mass is 9.85. The lowest BCUT2D eigenvalue weighted by molar-refractivity contribution is 0.307. The molecule has 0 radical (unpaired) electrons. The Morgan fingerprint density at radius 3 is 2.94 bits per heavy atom. The lowest BCUT2D eigenvalue weighted by Crippen LogP contribution is -2.31. The molecule has 0 saturated heterocycles. The van der Waals surface area contributed by atoms with Crippen LogP contribution in [0.4, 0.5) is 0 Å². The van der Waals surface area contributed by atoms with E-state index in [4.69, 9.17) is 0 Å².